The number of alkyl halides is 2. The molecule has 2 aromatic carbocycles. The van der Waals surface area contributed by atoms with Crippen LogP contribution in [0.25, 0.3) is 0 Å². The lowest BCUT2D eigenvalue weighted by molar-refractivity contribution is -0.0512. The quantitative estimate of drug-likeness (QED) is 0.274. The molecule has 2 aromatic rings. The van der Waals surface area contributed by atoms with E-state index in [1.54, 1.807) is 19.2 Å². The first-order chi connectivity index (χ1) is 15.5. The van der Waals surface area contributed by atoms with Gasteiger partial charge in [0.1, 0.15) is 0 Å². The Kier molecular flexibility index (Phi) is 11.1. The summed E-state index contributed by atoms with van der Waals surface area (Å²) < 4.78 is 35.0. The molecule has 1 fully saturated rings. The Morgan fingerprint density at radius 1 is 1.15 bits per heavy atom. The molecule has 1 heterocycles. The summed E-state index contributed by atoms with van der Waals surface area (Å²) in [5, 5.41) is 6.75. The maximum Gasteiger partial charge on any atom is 0.387 e. The van der Waals surface area contributed by atoms with Crippen molar-refractivity contribution in [1.82, 2.24) is 15.5 Å². The lowest BCUT2D eigenvalue weighted by Gasteiger charge is -2.38. The van der Waals surface area contributed by atoms with Crippen LogP contribution in [0, 0.1) is 0 Å². The number of ether oxygens (including phenoxy) is 2. The van der Waals surface area contributed by atoms with E-state index in [9.17, 15) is 8.78 Å². The zero-order valence-electron chi connectivity index (χ0n) is 19.3. The molecule has 0 amide bonds. The number of nitrogens with zero attached hydrogens (tertiary/aromatic N) is 2. The third-order valence-corrected chi connectivity index (χ3v) is 5.71. The third-order valence-electron chi connectivity index (χ3n) is 5.71. The topological polar surface area (TPSA) is 58.1 Å². The molecular formula is C24H33F2IN4O2. The van der Waals surface area contributed by atoms with Gasteiger partial charge in [-0.1, -0.05) is 36.4 Å². The van der Waals surface area contributed by atoms with E-state index in [1.807, 2.05) is 12.1 Å². The number of likely N-dealkylation sites (tertiary alicyclic amines) is 1. The smallest absolute Gasteiger partial charge is 0.387 e. The van der Waals surface area contributed by atoms with Gasteiger partial charge in [0.2, 0.25) is 0 Å². The highest BCUT2D eigenvalue weighted by Crippen LogP contribution is 2.29. The van der Waals surface area contributed by atoms with Crippen LogP contribution in [0.3, 0.4) is 0 Å². The molecule has 3 rings (SSSR count). The van der Waals surface area contributed by atoms with E-state index in [1.165, 1.54) is 12.7 Å². The molecule has 182 valence electrons. The van der Waals surface area contributed by atoms with Crippen molar-refractivity contribution in [3.8, 4) is 11.5 Å². The van der Waals surface area contributed by atoms with Gasteiger partial charge in [-0.3, -0.25) is 9.89 Å². The van der Waals surface area contributed by atoms with E-state index in [0.717, 1.165) is 31.5 Å². The van der Waals surface area contributed by atoms with Gasteiger partial charge in [0.25, 0.3) is 0 Å². The summed E-state index contributed by atoms with van der Waals surface area (Å²) in [5.41, 5.74) is 2.12. The second-order valence-corrected chi connectivity index (χ2v) is 7.96. The number of benzene rings is 2. The molecule has 2 atom stereocenters. The van der Waals surface area contributed by atoms with Crippen LogP contribution in [0.2, 0.25) is 0 Å². The Bertz CT molecular complexity index is 886. The monoisotopic (exact) mass is 574 g/mol. The summed E-state index contributed by atoms with van der Waals surface area (Å²) in [7, 11) is 3.14. The van der Waals surface area contributed by atoms with Gasteiger partial charge in [0, 0.05) is 38.8 Å². The predicted octanol–water partition coefficient (Wildman–Crippen LogP) is 4.63. The van der Waals surface area contributed by atoms with Gasteiger partial charge in [-0.15, -0.1) is 24.0 Å². The molecule has 1 aliphatic heterocycles. The van der Waals surface area contributed by atoms with Crippen molar-refractivity contribution in [3.63, 3.8) is 0 Å². The van der Waals surface area contributed by atoms with E-state index >= 15 is 0 Å². The molecule has 0 radical (unpaired) electrons. The lowest BCUT2D eigenvalue weighted by atomic mass is 9.97. The molecule has 0 spiro atoms. The van der Waals surface area contributed by atoms with Gasteiger partial charge < -0.3 is 20.1 Å². The molecular weight excluding hydrogens is 541 g/mol. The third kappa shape index (κ3) is 8.29. The maximum atomic E-state index is 12.7. The Morgan fingerprint density at radius 3 is 2.55 bits per heavy atom. The number of guanidine groups is 1. The number of rotatable bonds is 8. The largest absolute Gasteiger partial charge is 0.493 e. The Labute approximate surface area is 211 Å². The summed E-state index contributed by atoms with van der Waals surface area (Å²) in [5.74, 6) is 0.975. The summed E-state index contributed by atoms with van der Waals surface area (Å²) in [6.45, 7) is 1.75. The molecule has 1 aliphatic rings. The molecule has 0 aliphatic carbocycles. The van der Waals surface area contributed by atoms with Crippen molar-refractivity contribution < 1.29 is 18.3 Å². The van der Waals surface area contributed by atoms with Crippen molar-refractivity contribution in [3.05, 3.63) is 59.7 Å². The van der Waals surface area contributed by atoms with Gasteiger partial charge in [-0.2, -0.15) is 8.78 Å². The number of nitrogens with one attached hydrogen (secondary N) is 2. The SMILES string of the molecule is CN=C(NCc1ccc(OC)c(OC(F)F)c1)NC1CCN(Cc2ccccc2)C(C)C1.I. The second-order valence-electron chi connectivity index (χ2n) is 7.96. The first kappa shape index (κ1) is 27.1. The van der Waals surface area contributed by atoms with E-state index in [4.69, 9.17) is 4.74 Å². The van der Waals surface area contributed by atoms with E-state index in [2.05, 4.69) is 56.5 Å². The Balaban J connectivity index is 0.00000385. The van der Waals surface area contributed by atoms with Crippen LogP contribution in [0.1, 0.15) is 30.9 Å². The molecule has 9 heteroatoms. The zero-order chi connectivity index (χ0) is 22.9. The molecule has 0 bridgehead atoms. The number of halogens is 3. The average Bonchev–Trinajstić information content (AvgIpc) is 2.79. The minimum absolute atomic E-state index is 0. The fourth-order valence-corrected chi connectivity index (χ4v) is 4.00. The number of aliphatic imine (C=N–C) groups is 1. The van der Waals surface area contributed by atoms with Crippen molar-refractivity contribution in [2.75, 3.05) is 20.7 Å². The molecule has 2 N–H and O–H groups in total. The van der Waals surface area contributed by atoms with Crippen molar-refractivity contribution in [1.29, 1.82) is 0 Å². The van der Waals surface area contributed by atoms with Gasteiger partial charge in [-0.25, -0.2) is 0 Å². The highest BCUT2D eigenvalue weighted by Gasteiger charge is 2.26. The van der Waals surface area contributed by atoms with Crippen LogP contribution in [0.5, 0.6) is 11.5 Å². The minimum atomic E-state index is -2.91. The van der Waals surface area contributed by atoms with E-state index < -0.39 is 6.61 Å². The number of piperidine rings is 1. The fraction of sp³-hybridized carbons (Fsp3) is 0.458. The lowest BCUT2D eigenvalue weighted by Crippen LogP contribution is -2.51. The Morgan fingerprint density at radius 2 is 1.91 bits per heavy atom. The highest BCUT2D eigenvalue weighted by molar-refractivity contribution is 14.0. The average molecular weight is 574 g/mol. The zero-order valence-corrected chi connectivity index (χ0v) is 21.6. The van der Waals surface area contributed by atoms with Crippen LogP contribution in [-0.4, -0.2) is 50.3 Å². The number of hydrogen-bond donors (Lipinski definition) is 2. The number of hydrogen-bond acceptors (Lipinski definition) is 4. The summed E-state index contributed by atoms with van der Waals surface area (Å²) in [6.07, 6.45) is 2.04. The van der Waals surface area contributed by atoms with Gasteiger partial charge >= 0.3 is 6.61 Å². The molecule has 0 saturated carbocycles. The fourth-order valence-electron chi connectivity index (χ4n) is 4.00. The summed E-state index contributed by atoms with van der Waals surface area (Å²) in [6, 6.07) is 16.3. The van der Waals surface area contributed by atoms with Gasteiger partial charge in [0.05, 0.1) is 7.11 Å². The first-order valence-electron chi connectivity index (χ1n) is 10.9. The molecule has 6 nitrogen and oxygen atoms in total. The van der Waals surface area contributed by atoms with Crippen LogP contribution in [0.15, 0.2) is 53.5 Å². The first-order valence-corrected chi connectivity index (χ1v) is 10.9. The summed E-state index contributed by atoms with van der Waals surface area (Å²) in [4.78, 5) is 6.82. The maximum absolute atomic E-state index is 12.7. The van der Waals surface area contributed by atoms with E-state index in [-0.39, 0.29) is 35.5 Å². The van der Waals surface area contributed by atoms with Crippen LogP contribution >= 0.6 is 24.0 Å². The number of methoxy groups -OCH3 is 1. The second kappa shape index (κ2) is 13.5. The van der Waals surface area contributed by atoms with Gasteiger partial charge in [0.15, 0.2) is 17.5 Å². The normalized spacial score (nSPS) is 19.0. The van der Waals surface area contributed by atoms with Crippen LogP contribution in [-0.2, 0) is 13.1 Å². The standard InChI is InChI=1S/C24H32F2N4O2.HI/c1-17-13-20(11-12-30(17)16-18-7-5-4-6-8-18)29-24(27-2)28-15-19-9-10-21(31-3)22(14-19)32-23(25)26;/h4-10,14,17,20,23H,11-13,15-16H2,1-3H3,(H2,27,28,29);1H. The molecule has 1 saturated heterocycles. The molecule has 0 aromatic heterocycles. The molecule has 2 unspecified atom stereocenters. The highest BCUT2D eigenvalue weighted by atomic mass is 127. The Hall–Kier alpha value is -2.14. The van der Waals surface area contributed by atoms with Crippen LogP contribution < -0.4 is 20.1 Å². The van der Waals surface area contributed by atoms with Gasteiger partial charge in [-0.05, 0) is 43.0 Å². The minimum Gasteiger partial charge on any atom is -0.493 e. The summed E-state index contributed by atoms with van der Waals surface area (Å²) >= 11 is 0. The van der Waals surface area contributed by atoms with Crippen molar-refractivity contribution in [2.45, 2.75) is 51.6 Å². The van der Waals surface area contributed by atoms with Crippen molar-refractivity contribution in [2.24, 2.45) is 4.99 Å². The van der Waals surface area contributed by atoms with Crippen LogP contribution in [0.4, 0.5) is 8.78 Å². The molecule has 33 heavy (non-hydrogen) atoms. The van der Waals surface area contributed by atoms with E-state index in [0.29, 0.717) is 24.6 Å². The predicted molar refractivity (Wildman–Crippen MR) is 138 cm³/mol. The van der Waals surface area contributed by atoms with Crippen molar-refractivity contribution >= 4 is 29.9 Å².